The molecular weight excluding hydrogens is 611 g/mol. The molecule has 2 aliphatic rings. The van der Waals surface area contributed by atoms with Crippen LogP contribution in [0.15, 0.2) is 169 Å². The molecule has 10 rings (SSSR count). The van der Waals surface area contributed by atoms with E-state index in [1.807, 2.05) is 6.07 Å². The second-order valence-electron chi connectivity index (χ2n) is 13.2. The molecular formula is C45H35N5. The van der Waals surface area contributed by atoms with Gasteiger partial charge in [0, 0.05) is 38.5 Å². The third-order valence-corrected chi connectivity index (χ3v) is 10.3. The topological polar surface area (TPSA) is 46.3 Å². The number of nitrogens with zero attached hydrogens (tertiary/aromatic N) is 3. The molecule has 0 saturated heterocycles. The van der Waals surface area contributed by atoms with Crippen molar-refractivity contribution in [3.05, 3.63) is 181 Å². The lowest BCUT2D eigenvalue weighted by molar-refractivity contribution is 0.409. The molecule has 0 radical (unpaired) electrons. The number of hydrogen-bond donors (Lipinski definition) is 2. The van der Waals surface area contributed by atoms with Crippen LogP contribution in [0.5, 0.6) is 0 Å². The molecule has 0 bridgehead atoms. The number of nitrogens with one attached hydrogen (secondary N) is 2. The van der Waals surface area contributed by atoms with Crippen molar-refractivity contribution in [2.45, 2.75) is 25.2 Å². The second kappa shape index (κ2) is 11.8. The van der Waals surface area contributed by atoms with Crippen LogP contribution in [-0.4, -0.2) is 15.0 Å². The van der Waals surface area contributed by atoms with E-state index in [0.717, 1.165) is 35.5 Å². The van der Waals surface area contributed by atoms with Gasteiger partial charge in [-0.15, -0.1) is 0 Å². The second-order valence-corrected chi connectivity index (χ2v) is 13.2. The fourth-order valence-corrected chi connectivity index (χ4v) is 7.94. The summed E-state index contributed by atoms with van der Waals surface area (Å²) in [6.45, 7) is 0. The zero-order valence-corrected chi connectivity index (χ0v) is 27.5. The lowest BCUT2D eigenvalue weighted by atomic mass is 10.1. The van der Waals surface area contributed by atoms with Gasteiger partial charge in [0.05, 0.1) is 22.1 Å². The van der Waals surface area contributed by atoms with E-state index in [0.29, 0.717) is 0 Å². The Balaban J connectivity index is 1.16. The molecule has 8 aromatic rings. The van der Waals surface area contributed by atoms with Crippen LogP contribution in [-0.2, 0) is 0 Å². The average Bonchev–Trinajstić information content (AvgIpc) is 3.72. The maximum atomic E-state index is 5.19. The fraction of sp³-hybridized carbons (Fsp3) is 0.0889. The highest BCUT2D eigenvalue weighted by molar-refractivity contribution is 6.24. The molecule has 6 aromatic carbocycles. The number of fused-ring (bicyclic) bond motifs is 7. The van der Waals surface area contributed by atoms with Crippen molar-refractivity contribution in [3.63, 3.8) is 0 Å². The molecule has 2 aromatic heterocycles. The van der Waals surface area contributed by atoms with Crippen molar-refractivity contribution < 1.29 is 0 Å². The van der Waals surface area contributed by atoms with Gasteiger partial charge in [0.2, 0.25) is 0 Å². The Hall–Kier alpha value is -6.17. The summed E-state index contributed by atoms with van der Waals surface area (Å²) in [5.41, 5.74) is 10.8. The number of aliphatic imine (C=N–C) groups is 1. The third-order valence-electron chi connectivity index (χ3n) is 10.3. The Morgan fingerprint density at radius 2 is 1.18 bits per heavy atom. The smallest absolute Gasteiger partial charge is 0.131 e. The number of para-hydroxylation sites is 2. The summed E-state index contributed by atoms with van der Waals surface area (Å²) >= 11 is 0. The Morgan fingerprint density at radius 3 is 1.86 bits per heavy atom. The summed E-state index contributed by atoms with van der Waals surface area (Å²) in [7, 11) is 0. The lowest BCUT2D eigenvalue weighted by Crippen LogP contribution is -2.44. The summed E-state index contributed by atoms with van der Waals surface area (Å²) < 4.78 is 4.98. The standard InChI is InChI=1S/C45H35N5/c1-4-14-30(15-5-1)43-46-44(31-16-6-2-7-17-31)48-45(47-43)32-24-26-34(27-25-32)50-40-23-13-11-21-36(40)38-29-28-37-35-20-10-12-22-39(35)49(41(37)42(38)50)33-18-8-3-9-19-33/h1-8,10-18,20-29,43,45,47H,9,19H2,(H,46,48). The Labute approximate surface area is 290 Å². The van der Waals surface area contributed by atoms with Crippen LogP contribution in [0.1, 0.15) is 41.9 Å². The first kappa shape index (κ1) is 28.8. The molecule has 2 unspecified atom stereocenters. The van der Waals surface area contributed by atoms with Gasteiger partial charge >= 0.3 is 0 Å². The summed E-state index contributed by atoms with van der Waals surface area (Å²) in [6, 6.07) is 52.2. The van der Waals surface area contributed by atoms with Gasteiger partial charge in [0.15, 0.2) is 0 Å². The number of aromatic nitrogens is 2. The van der Waals surface area contributed by atoms with Crippen molar-refractivity contribution in [1.82, 2.24) is 19.8 Å². The van der Waals surface area contributed by atoms with Gasteiger partial charge in [0.1, 0.15) is 18.2 Å². The summed E-state index contributed by atoms with van der Waals surface area (Å²) in [5.74, 6) is 0.886. The Morgan fingerprint density at radius 1 is 0.560 bits per heavy atom. The predicted octanol–water partition coefficient (Wildman–Crippen LogP) is 10.4. The zero-order chi connectivity index (χ0) is 33.0. The molecule has 50 heavy (non-hydrogen) atoms. The highest BCUT2D eigenvalue weighted by Crippen LogP contribution is 2.42. The molecule has 0 fully saturated rings. The molecule has 5 heteroatoms. The number of rotatable bonds is 5. The molecule has 3 heterocycles. The van der Waals surface area contributed by atoms with Crippen LogP contribution in [0.3, 0.4) is 0 Å². The number of allylic oxidation sites excluding steroid dienone is 4. The number of benzene rings is 6. The SMILES string of the molecule is C1=CCCC(n2c3ccccc3c3ccc4c5ccccc5n(-c5ccc(C6N=C(c7ccccc7)NC(c7ccccc7)N6)cc5)c4c32)=C1. The fourth-order valence-electron chi connectivity index (χ4n) is 7.94. The maximum absolute atomic E-state index is 5.19. The molecule has 0 spiro atoms. The average molecular weight is 646 g/mol. The van der Waals surface area contributed by atoms with Gasteiger partial charge in [0.25, 0.3) is 0 Å². The number of hydrogen-bond acceptors (Lipinski definition) is 3. The van der Waals surface area contributed by atoms with E-state index < -0.39 is 0 Å². The van der Waals surface area contributed by atoms with Gasteiger partial charge in [-0.1, -0.05) is 133 Å². The largest absolute Gasteiger partial charge is 0.350 e. The first-order chi connectivity index (χ1) is 24.8. The molecule has 0 saturated carbocycles. The summed E-state index contributed by atoms with van der Waals surface area (Å²) in [4.78, 5) is 5.19. The van der Waals surface area contributed by atoms with Crippen molar-refractivity contribution in [1.29, 1.82) is 0 Å². The molecule has 1 aliphatic heterocycles. The first-order valence-electron chi connectivity index (χ1n) is 17.4. The molecule has 0 amide bonds. The highest BCUT2D eigenvalue weighted by Gasteiger charge is 2.26. The van der Waals surface area contributed by atoms with E-state index >= 15 is 0 Å². The van der Waals surface area contributed by atoms with Crippen LogP contribution in [0.2, 0.25) is 0 Å². The summed E-state index contributed by atoms with van der Waals surface area (Å²) in [5, 5.41) is 12.5. The normalized spacial score (nSPS) is 17.7. The molecule has 1 aliphatic carbocycles. The predicted molar refractivity (Wildman–Crippen MR) is 208 cm³/mol. The van der Waals surface area contributed by atoms with Gasteiger partial charge in [-0.05, 0) is 54.3 Å². The van der Waals surface area contributed by atoms with Crippen LogP contribution >= 0.6 is 0 Å². The van der Waals surface area contributed by atoms with Gasteiger partial charge < -0.3 is 14.5 Å². The minimum Gasteiger partial charge on any atom is -0.350 e. The van der Waals surface area contributed by atoms with E-state index in [9.17, 15) is 0 Å². The Bertz CT molecular complexity index is 2640. The van der Waals surface area contributed by atoms with Crippen molar-refractivity contribution in [2.24, 2.45) is 4.99 Å². The van der Waals surface area contributed by atoms with Crippen molar-refractivity contribution in [2.75, 3.05) is 0 Å². The highest BCUT2D eigenvalue weighted by atomic mass is 15.3. The van der Waals surface area contributed by atoms with E-state index in [-0.39, 0.29) is 12.3 Å². The Kier molecular flexibility index (Phi) is 6.78. The first-order valence-corrected chi connectivity index (χ1v) is 17.4. The van der Waals surface area contributed by atoms with E-state index in [1.165, 1.54) is 54.9 Å². The van der Waals surface area contributed by atoms with Crippen LogP contribution in [0, 0.1) is 0 Å². The zero-order valence-electron chi connectivity index (χ0n) is 27.5. The van der Waals surface area contributed by atoms with E-state index in [2.05, 4.69) is 178 Å². The monoisotopic (exact) mass is 645 g/mol. The van der Waals surface area contributed by atoms with E-state index in [4.69, 9.17) is 4.99 Å². The van der Waals surface area contributed by atoms with E-state index in [1.54, 1.807) is 0 Å². The number of amidine groups is 1. The quantitative estimate of drug-likeness (QED) is 0.196. The molecule has 240 valence electrons. The molecule has 5 nitrogen and oxygen atoms in total. The maximum Gasteiger partial charge on any atom is 0.131 e. The van der Waals surface area contributed by atoms with Crippen LogP contribution in [0.4, 0.5) is 0 Å². The molecule has 2 atom stereocenters. The minimum atomic E-state index is -0.218. The third kappa shape index (κ3) is 4.62. The summed E-state index contributed by atoms with van der Waals surface area (Å²) in [6.07, 6.45) is 8.51. The van der Waals surface area contributed by atoms with Crippen molar-refractivity contribution in [3.8, 4) is 5.69 Å². The van der Waals surface area contributed by atoms with Gasteiger partial charge in [-0.25, -0.2) is 4.99 Å². The van der Waals surface area contributed by atoms with Crippen molar-refractivity contribution >= 4 is 55.1 Å². The van der Waals surface area contributed by atoms with Crippen LogP contribution in [0.25, 0.3) is 55.0 Å². The van der Waals surface area contributed by atoms with Gasteiger partial charge in [-0.3, -0.25) is 5.32 Å². The lowest BCUT2D eigenvalue weighted by Gasteiger charge is -2.32. The van der Waals surface area contributed by atoms with Crippen LogP contribution < -0.4 is 10.6 Å². The van der Waals surface area contributed by atoms with Gasteiger partial charge in [-0.2, -0.15) is 0 Å². The molecule has 2 N–H and O–H groups in total. The minimum absolute atomic E-state index is 0.0786.